The molecule has 2 aromatic rings. The van der Waals surface area contributed by atoms with Crippen LogP contribution in [0.15, 0.2) is 45.3 Å². The van der Waals surface area contributed by atoms with Crippen molar-refractivity contribution in [3.05, 3.63) is 68.1 Å². The minimum atomic E-state index is -0.298. The van der Waals surface area contributed by atoms with Gasteiger partial charge >= 0.3 is 0 Å². The van der Waals surface area contributed by atoms with Gasteiger partial charge in [0.05, 0.1) is 0 Å². The van der Waals surface area contributed by atoms with Crippen LogP contribution >= 0.6 is 31.9 Å². The molecule has 20 heavy (non-hydrogen) atoms. The van der Waals surface area contributed by atoms with Crippen molar-refractivity contribution in [3.63, 3.8) is 0 Å². The minimum Gasteiger partial charge on any atom is -0.313 e. The molecule has 0 radical (unpaired) electrons. The lowest BCUT2D eigenvalue weighted by atomic mass is 9.98. The summed E-state index contributed by atoms with van der Waals surface area (Å²) >= 11 is 6.74. The predicted molar refractivity (Wildman–Crippen MR) is 83.7 cm³/mol. The van der Waals surface area contributed by atoms with Gasteiger partial charge in [-0.15, -0.1) is 0 Å². The lowest BCUT2D eigenvalue weighted by Crippen LogP contribution is -2.20. The van der Waals surface area contributed by atoms with Gasteiger partial charge in [0.25, 0.3) is 0 Å². The number of halogens is 4. The molecule has 1 N–H and O–H groups in total. The highest BCUT2D eigenvalue weighted by atomic mass is 79.9. The summed E-state index contributed by atoms with van der Waals surface area (Å²) in [6.07, 6.45) is 0.488. The zero-order chi connectivity index (χ0) is 14.7. The smallest absolute Gasteiger partial charge is 0.128 e. The van der Waals surface area contributed by atoms with Crippen LogP contribution in [-0.4, -0.2) is 7.05 Å². The number of rotatable bonds is 4. The molecule has 2 rings (SSSR count). The maximum Gasteiger partial charge on any atom is 0.128 e. The maximum absolute atomic E-state index is 13.9. The third kappa shape index (κ3) is 3.65. The Kier molecular flexibility index (Phi) is 5.29. The van der Waals surface area contributed by atoms with Crippen LogP contribution in [-0.2, 0) is 6.42 Å². The number of benzene rings is 2. The van der Waals surface area contributed by atoms with Crippen LogP contribution in [0.25, 0.3) is 0 Å². The fourth-order valence-corrected chi connectivity index (χ4v) is 2.86. The van der Waals surface area contributed by atoms with Gasteiger partial charge in [0.15, 0.2) is 0 Å². The third-order valence-electron chi connectivity index (χ3n) is 3.11. The summed E-state index contributed by atoms with van der Waals surface area (Å²) in [4.78, 5) is 0. The Labute approximate surface area is 133 Å². The fraction of sp³-hybridized carbons (Fsp3) is 0.200. The van der Waals surface area contributed by atoms with Crippen molar-refractivity contribution in [2.75, 3.05) is 7.05 Å². The molecule has 0 saturated heterocycles. The number of hydrogen-bond donors (Lipinski definition) is 1. The Bertz CT molecular complexity index is 617. The summed E-state index contributed by atoms with van der Waals surface area (Å²) in [7, 11) is 1.76. The van der Waals surface area contributed by atoms with Crippen LogP contribution < -0.4 is 5.32 Å². The van der Waals surface area contributed by atoms with Crippen molar-refractivity contribution in [1.82, 2.24) is 5.32 Å². The van der Waals surface area contributed by atoms with Crippen LogP contribution in [0.3, 0.4) is 0 Å². The van der Waals surface area contributed by atoms with Gasteiger partial charge in [-0.05, 0) is 55.4 Å². The molecule has 5 heteroatoms. The molecule has 0 aliphatic carbocycles. The first kappa shape index (κ1) is 15.6. The zero-order valence-corrected chi connectivity index (χ0v) is 13.9. The molecule has 0 saturated carbocycles. The average Bonchev–Trinajstić information content (AvgIpc) is 2.42. The number of nitrogens with one attached hydrogen (secondary N) is 1. The van der Waals surface area contributed by atoms with E-state index in [2.05, 4.69) is 37.2 Å². The summed E-state index contributed by atoms with van der Waals surface area (Å²) in [6, 6.07) is 9.10. The second-order valence-electron chi connectivity index (χ2n) is 4.45. The van der Waals surface area contributed by atoms with Gasteiger partial charge < -0.3 is 5.32 Å². The van der Waals surface area contributed by atoms with Crippen LogP contribution in [0.5, 0.6) is 0 Å². The summed E-state index contributed by atoms with van der Waals surface area (Å²) in [5.74, 6) is -0.576. The Morgan fingerprint density at radius 1 is 1.10 bits per heavy atom. The van der Waals surface area contributed by atoms with E-state index in [9.17, 15) is 8.78 Å². The molecule has 0 spiro atoms. The van der Waals surface area contributed by atoms with E-state index in [0.717, 1.165) is 14.5 Å². The van der Waals surface area contributed by atoms with Crippen molar-refractivity contribution in [3.8, 4) is 0 Å². The summed E-state index contributed by atoms with van der Waals surface area (Å²) in [5, 5.41) is 3.08. The van der Waals surface area contributed by atoms with Crippen LogP contribution in [0.4, 0.5) is 8.78 Å². The van der Waals surface area contributed by atoms with Gasteiger partial charge in [-0.2, -0.15) is 0 Å². The molecular formula is C15H13Br2F2N. The highest BCUT2D eigenvalue weighted by molar-refractivity contribution is 9.10. The number of hydrogen-bond acceptors (Lipinski definition) is 1. The van der Waals surface area contributed by atoms with Gasteiger partial charge in [-0.3, -0.25) is 0 Å². The molecule has 106 valence electrons. The zero-order valence-electron chi connectivity index (χ0n) is 10.8. The topological polar surface area (TPSA) is 12.0 Å². The second kappa shape index (κ2) is 6.78. The van der Waals surface area contributed by atoms with Crippen molar-refractivity contribution >= 4 is 31.9 Å². The van der Waals surface area contributed by atoms with E-state index in [1.54, 1.807) is 25.2 Å². The Morgan fingerprint density at radius 2 is 1.85 bits per heavy atom. The largest absolute Gasteiger partial charge is 0.313 e. The van der Waals surface area contributed by atoms with E-state index in [1.807, 2.05) is 0 Å². The first-order valence-electron chi connectivity index (χ1n) is 6.07. The monoisotopic (exact) mass is 403 g/mol. The summed E-state index contributed by atoms with van der Waals surface area (Å²) in [6.45, 7) is 0. The van der Waals surface area contributed by atoms with Gasteiger partial charge in [0.1, 0.15) is 11.6 Å². The van der Waals surface area contributed by atoms with Crippen LogP contribution in [0, 0.1) is 11.6 Å². The molecule has 1 nitrogen and oxygen atoms in total. The summed E-state index contributed by atoms with van der Waals surface area (Å²) in [5.41, 5.74) is 1.35. The highest BCUT2D eigenvalue weighted by Gasteiger charge is 2.16. The first-order chi connectivity index (χ1) is 9.51. The second-order valence-corrected chi connectivity index (χ2v) is 6.22. The molecule has 0 amide bonds. The molecular weight excluding hydrogens is 392 g/mol. The highest BCUT2D eigenvalue weighted by Crippen LogP contribution is 2.27. The molecule has 1 atom stereocenters. The summed E-state index contributed by atoms with van der Waals surface area (Å²) < 4.78 is 28.9. The third-order valence-corrected chi connectivity index (χ3v) is 4.38. The van der Waals surface area contributed by atoms with Gasteiger partial charge in [0.2, 0.25) is 0 Å². The van der Waals surface area contributed by atoms with Crippen molar-refractivity contribution in [2.45, 2.75) is 12.5 Å². The van der Waals surface area contributed by atoms with Crippen molar-refractivity contribution in [1.29, 1.82) is 0 Å². The number of likely N-dealkylation sites (N-methyl/N-ethyl adjacent to an activating group) is 1. The SMILES string of the molecule is CNC(Cc1cc(F)ccc1Br)c1cc(Br)ccc1F. The van der Waals surface area contributed by atoms with Crippen molar-refractivity contribution in [2.24, 2.45) is 0 Å². The Balaban J connectivity index is 2.33. The molecule has 0 bridgehead atoms. The van der Waals surface area contributed by atoms with Crippen molar-refractivity contribution < 1.29 is 8.78 Å². The maximum atomic E-state index is 13.9. The molecule has 0 heterocycles. The normalized spacial score (nSPS) is 12.4. The predicted octanol–water partition coefficient (Wildman–Crippen LogP) is 4.99. The van der Waals surface area contributed by atoms with Gasteiger partial charge in [-0.1, -0.05) is 31.9 Å². The Hall–Kier alpha value is -0.780. The quantitative estimate of drug-likeness (QED) is 0.756. The van der Waals surface area contributed by atoms with E-state index in [1.165, 1.54) is 18.2 Å². The van der Waals surface area contributed by atoms with Crippen LogP contribution in [0.1, 0.15) is 17.2 Å². The Morgan fingerprint density at radius 3 is 2.55 bits per heavy atom. The molecule has 0 aromatic heterocycles. The fourth-order valence-electron chi connectivity index (χ4n) is 2.07. The van der Waals surface area contributed by atoms with Gasteiger partial charge in [-0.25, -0.2) is 8.78 Å². The van der Waals surface area contributed by atoms with E-state index in [0.29, 0.717) is 12.0 Å². The van der Waals surface area contributed by atoms with Crippen LogP contribution in [0.2, 0.25) is 0 Å². The molecule has 1 unspecified atom stereocenters. The lowest BCUT2D eigenvalue weighted by Gasteiger charge is -2.18. The first-order valence-corrected chi connectivity index (χ1v) is 7.66. The average molecular weight is 405 g/mol. The molecule has 0 fully saturated rings. The van der Waals surface area contributed by atoms with E-state index in [-0.39, 0.29) is 17.7 Å². The minimum absolute atomic E-state index is 0.231. The van der Waals surface area contributed by atoms with E-state index >= 15 is 0 Å². The lowest BCUT2D eigenvalue weighted by molar-refractivity contribution is 0.531. The van der Waals surface area contributed by atoms with E-state index in [4.69, 9.17) is 0 Å². The molecule has 0 aliphatic heterocycles. The molecule has 0 aliphatic rings. The van der Waals surface area contributed by atoms with E-state index < -0.39 is 0 Å². The van der Waals surface area contributed by atoms with Gasteiger partial charge in [0, 0.05) is 20.6 Å². The molecule has 2 aromatic carbocycles. The standard InChI is InChI=1S/C15H13Br2F2N/c1-20-15(12-8-10(16)2-5-14(12)19)7-9-6-11(18)3-4-13(9)17/h2-6,8,15,20H,7H2,1H3.